The number of rotatable bonds is 2. The van der Waals surface area contributed by atoms with Gasteiger partial charge in [0, 0.05) is 44.2 Å². The van der Waals surface area contributed by atoms with Crippen LogP contribution in [0, 0.1) is 0 Å². The Balaban J connectivity index is 1.64. The molecule has 3 aliphatic heterocycles. The number of hydrogen-bond acceptors (Lipinski definition) is 6. The first-order valence-corrected chi connectivity index (χ1v) is 8.09. The minimum atomic E-state index is 0.422. The molecule has 0 radical (unpaired) electrons. The van der Waals surface area contributed by atoms with Gasteiger partial charge in [0.05, 0.1) is 32.6 Å². The first-order valence-electron chi connectivity index (χ1n) is 6.94. The van der Waals surface area contributed by atoms with E-state index in [9.17, 15) is 0 Å². The molecule has 0 bridgehead atoms. The lowest BCUT2D eigenvalue weighted by molar-refractivity contribution is -0.182. The van der Waals surface area contributed by atoms with E-state index in [4.69, 9.17) is 9.47 Å². The second-order valence-electron chi connectivity index (χ2n) is 4.93. The summed E-state index contributed by atoms with van der Waals surface area (Å²) in [4.78, 5) is 2.52. The molecule has 0 aromatic rings. The molecule has 5 nitrogen and oxygen atoms in total. The Kier molecular flexibility index (Phi) is 4.78. The van der Waals surface area contributed by atoms with Crippen LogP contribution in [0.3, 0.4) is 0 Å². The smallest absolute Gasteiger partial charge is 0.0999 e. The number of ether oxygens (including phenoxy) is 2. The van der Waals surface area contributed by atoms with Gasteiger partial charge in [0.25, 0.3) is 0 Å². The summed E-state index contributed by atoms with van der Waals surface area (Å²) >= 11 is 2.07. The molecule has 3 aliphatic rings. The fourth-order valence-corrected chi connectivity index (χ4v) is 3.78. The predicted octanol–water partition coefficient (Wildman–Crippen LogP) is -0.0593. The average molecular weight is 273 g/mol. The molecule has 0 spiro atoms. The van der Waals surface area contributed by atoms with Crippen molar-refractivity contribution in [2.75, 3.05) is 70.7 Å². The van der Waals surface area contributed by atoms with Crippen molar-refractivity contribution in [1.82, 2.24) is 14.9 Å². The normalized spacial score (nSPS) is 33.7. The van der Waals surface area contributed by atoms with Crippen LogP contribution in [0.5, 0.6) is 0 Å². The summed E-state index contributed by atoms with van der Waals surface area (Å²) in [6, 6.07) is 0. The topological polar surface area (TPSA) is 28.2 Å². The molecule has 0 N–H and O–H groups in total. The zero-order valence-corrected chi connectivity index (χ0v) is 11.7. The highest BCUT2D eigenvalue weighted by Crippen LogP contribution is 2.19. The fourth-order valence-electron chi connectivity index (χ4n) is 2.89. The quantitative estimate of drug-likeness (QED) is 0.700. The maximum absolute atomic E-state index is 5.70. The van der Waals surface area contributed by atoms with Crippen LogP contribution in [0.4, 0.5) is 0 Å². The fraction of sp³-hybridized carbons (Fsp3) is 1.00. The second-order valence-corrected chi connectivity index (χ2v) is 6.16. The summed E-state index contributed by atoms with van der Waals surface area (Å²) in [6.45, 7) is 8.90. The third-order valence-corrected chi connectivity index (χ3v) is 4.84. The zero-order chi connectivity index (χ0) is 12.2. The number of hydrazine groups is 1. The van der Waals surface area contributed by atoms with Crippen molar-refractivity contribution in [3.8, 4) is 0 Å². The van der Waals surface area contributed by atoms with Crippen molar-refractivity contribution in [1.29, 1.82) is 0 Å². The van der Waals surface area contributed by atoms with Crippen molar-refractivity contribution in [2.24, 2.45) is 0 Å². The first kappa shape index (κ1) is 13.1. The maximum atomic E-state index is 5.70. The molecule has 6 heteroatoms. The van der Waals surface area contributed by atoms with Gasteiger partial charge in [-0.2, -0.15) is 11.8 Å². The summed E-state index contributed by atoms with van der Waals surface area (Å²) in [5, 5.41) is 5.09. The average Bonchev–Trinajstić information content (AvgIpc) is 2.49. The number of morpholine rings is 2. The molecule has 18 heavy (non-hydrogen) atoms. The Morgan fingerprint density at radius 1 is 0.833 bits per heavy atom. The third-order valence-electron chi connectivity index (χ3n) is 3.89. The molecule has 0 aliphatic carbocycles. The predicted molar refractivity (Wildman–Crippen MR) is 72.6 cm³/mol. The van der Waals surface area contributed by atoms with Crippen LogP contribution < -0.4 is 0 Å². The van der Waals surface area contributed by atoms with Crippen molar-refractivity contribution < 1.29 is 9.47 Å². The summed E-state index contributed by atoms with van der Waals surface area (Å²) in [5.41, 5.74) is 0. The Morgan fingerprint density at radius 2 is 1.56 bits per heavy atom. The van der Waals surface area contributed by atoms with E-state index in [2.05, 4.69) is 26.7 Å². The molecule has 0 saturated carbocycles. The van der Waals surface area contributed by atoms with Gasteiger partial charge < -0.3 is 9.47 Å². The molecule has 0 amide bonds. The van der Waals surface area contributed by atoms with Crippen LogP contribution in [0.15, 0.2) is 0 Å². The summed E-state index contributed by atoms with van der Waals surface area (Å²) in [6.07, 6.45) is 0.422. The van der Waals surface area contributed by atoms with Gasteiger partial charge in [0.15, 0.2) is 0 Å². The van der Waals surface area contributed by atoms with E-state index in [1.807, 2.05) is 0 Å². The molecule has 3 heterocycles. The number of thioether (sulfide) groups is 1. The van der Waals surface area contributed by atoms with Crippen LogP contribution in [0.25, 0.3) is 0 Å². The molecule has 1 atom stereocenters. The van der Waals surface area contributed by atoms with Crippen LogP contribution >= 0.6 is 11.8 Å². The van der Waals surface area contributed by atoms with Crippen molar-refractivity contribution in [3.05, 3.63) is 0 Å². The molecule has 3 fully saturated rings. The lowest BCUT2D eigenvalue weighted by Crippen LogP contribution is -2.63. The first-order chi connectivity index (χ1) is 8.95. The van der Waals surface area contributed by atoms with Gasteiger partial charge in [-0.15, -0.1) is 0 Å². The van der Waals surface area contributed by atoms with Gasteiger partial charge in [-0.25, -0.2) is 10.0 Å². The number of hydrogen-bond donors (Lipinski definition) is 0. The van der Waals surface area contributed by atoms with Crippen LogP contribution in [-0.4, -0.2) is 91.7 Å². The summed E-state index contributed by atoms with van der Waals surface area (Å²) in [5.74, 6) is 2.51. The Bertz CT molecular complexity index is 232. The Morgan fingerprint density at radius 3 is 2.33 bits per heavy atom. The zero-order valence-electron chi connectivity index (χ0n) is 10.9. The van der Waals surface area contributed by atoms with E-state index in [0.29, 0.717) is 6.17 Å². The van der Waals surface area contributed by atoms with Gasteiger partial charge in [-0.3, -0.25) is 4.90 Å². The lowest BCUT2D eigenvalue weighted by Gasteiger charge is -2.48. The van der Waals surface area contributed by atoms with Gasteiger partial charge in [0.2, 0.25) is 0 Å². The van der Waals surface area contributed by atoms with Crippen LogP contribution in [0.1, 0.15) is 0 Å². The Labute approximate surface area is 113 Å². The maximum Gasteiger partial charge on any atom is 0.0999 e. The van der Waals surface area contributed by atoms with E-state index >= 15 is 0 Å². The van der Waals surface area contributed by atoms with Crippen molar-refractivity contribution >= 4 is 11.8 Å². The molecule has 3 saturated heterocycles. The second kappa shape index (κ2) is 6.54. The van der Waals surface area contributed by atoms with E-state index in [0.717, 1.165) is 46.1 Å². The molecular weight excluding hydrogens is 250 g/mol. The number of nitrogens with zero attached hydrogens (tertiary/aromatic N) is 3. The van der Waals surface area contributed by atoms with Crippen molar-refractivity contribution in [2.45, 2.75) is 6.17 Å². The molecule has 3 rings (SSSR count). The highest BCUT2D eigenvalue weighted by Gasteiger charge is 2.33. The van der Waals surface area contributed by atoms with E-state index < -0.39 is 0 Å². The lowest BCUT2D eigenvalue weighted by atomic mass is 10.3. The standard InChI is InChI=1S/C12H23N3O2S/c1-6-16-7-2-13(1)12-11-17-8-3-15(12)14-4-9-18-10-5-14/h12H,1-11H2. The van der Waals surface area contributed by atoms with Gasteiger partial charge >= 0.3 is 0 Å². The van der Waals surface area contributed by atoms with Crippen LogP contribution in [-0.2, 0) is 9.47 Å². The SMILES string of the molecule is C1CN(C2COCCN2N2CCSCC2)CCO1. The minimum Gasteiger partial charge on any atom is -0.379 e. The third kappa shape index (κ3) is 3.00. The molecule has 0 aromatic heterocycles. The van der Waals surface area contributed by atoms with Gasteiger partial charge in [-0.05, 0) is 0 Å². The highest BCUT2D eigenvalue weighted by atomic mass is 32.2. The molecular formula is C12H23N3O2S. The largest absolute Gasteiger partial charge is 0.379 e. The van der Waals surface area contributed by atoms with Gasteiger partial charge in [0.1, 0.15) is 0 Å². The monoisotopic (exact) mass is 273 g/mol. The van der Waals surface area contributed by atoms with E-state index in [1.54, 1.807) is 0 Å². The summed E-state index contributed by atoms with van der Waals surface area (Å²) < 4.78 is 11.2. The van der Waals surface area contributed by atoms with Crippen molar-refractivity contribution in [3.63, 3.8) is 0 Å². The van der Waals surface area contributed by atoms with E-state index in [1.165, 1.54) is 24.6 Å². The van der Waals surface area contributed by atoms with E-state index in [-0.39, 0.29) is 0 Å². The van der Waals surface area contributed by atoms with Gasteiger partial charge in [-0.1, -0.05) is 0 Å². The molecule has 1 unspecified atom stereocenters. The Hall–Kier alpha value is 0.150. The minimum absolute atomic E-state index is 0.422. The molecule has 0 aromatic carbocycles. The summed E-state index contributed by atoms with van der Waals surface area (Å²) in [7, 11) is 0. The molecule has 104 valence electrons. The highest BCUT2D eigenvalue weighted by molar-refractivity contribution is 7.99. The van der Waals surface area contributed by atoms with Crippen LogP contribution in [0.2, 0.25) is 0 Å².